The van der Waals surface area contributed by atoms with E-state index in [0.29, 0.717) is 19.6 Å². The average molecular weight is 378 g/mol. The van der Waals surface area contributed by atoms with E-state index in [1.165, 1.54) is 0 Å². The Bertz CT molecular complexity index is 885. The topological polar surface area (TPSA) is 65.5 Å². The van der Waals surface area contributed by atoms with Crippen LogP contribution >= 0.6 is 0 Å². The van der Waals surface area contributed by atoms with E-state index in [9.17, 15) is 9.59 Å². The molecular formula is C22H26N4O2. The molecule has 1 spiro atoms. The summed E-state index contributed by atoms with van der Waals surface area (Å²) in [6.45, 7) is 3.87. The molecular weight excluding hydrogens is 352 g/mol. The number of hydrogen-bond donors (Lipinski definition) is 1. The third kappa shape index (κ3) is 3.72. The maximum absolute atomic E-state index is 12.9. The largest absolute Gasteiger partial charge is 0.340 e. The smallest absolute Gasteiger partial charge is 0.321 e. The molecule has 6 heteroatoms. The first kappa shape index (κ1) is 18.5. The van der Waals surface area contributed by atoms with Crippen LogP contribution in [0.4, 0.5) is 10.5 Å². The van der Waals surface area contributed by atoms with Gasteiger partial charge in [-0.2, -0.15) is 0 Å². The van der Waals surface area contributed by atoms with Crippen molar-refractivity contribution in [1.82, 2.24) is 14.8 Å². The molecule has 3 amide bonds. The fourth-order valence-electron chi connectivity index (χ4n) is 4.22. The standard InChI is InChI=1S/C22H26N4O2/c1-16-6-5-8-17(12-16)24-21(28)26-11-9-22(15-26)13-19(22)20(27)25(2)14-18-7-3-4-10-23-18/h3-8,10,12,19H,9,11,13-15H2,1-2H3,(H,24,28)/t19-,22+/m1/s1. The summed E-state index contributed by atoms with van der Waals surface area (Å²) in [6.07, 6.45) is 3.50. The van der Waals surface area contributed by atoms with Crippen molar-refractivity contribution in [3.8, 4) is 0 Å². The molecule has 1 aromatic carbocycles. The Balaban J connectivity index is 1.33. The van der Waals surface area contributed by atoms with Gasteiger partial charge in [0.1, 0.15) is 0 Å². The molecule has 1 aliphatic carbocycles. The highest BCUT2D eigenvalue weighted by Gasteiger charge is 2.61. The van der Waals surface area contributed by atoms with Crippen LogP contribution in [0.2, 0.25) is 0 Å². The molecule has 0 radical (unpaired) electrons. The number of anilines is 1. The summed E-state index contributed by atoms with van der Waals surface area (Å²) in [4.78, 5) is 33.4. The zero-order valence-corrected chi connectivity index (χ0v) is 16.4. The SMILES string of the molecule is Cc1cccc(NC(=O)N2CC[C@]3(C[C@@H]3C(=O)N(C)Cc3ccccn3)C2)c1. The summed E-state index contributed by atoms with van der Waals surface area (Å²) in [5, 5.41) is 2.97. The second kappa shape index (κ2) is 7.26. The zero-order chi connectivity index (χ0) is 19.7. The van der Waals surface area contributed by atoms with Crippen LogP contribution in [0, 0.1) is 18.3 Å². The van der Waals surface area contributed by atoms with Gasteiger partial charge in [-0.05, 0) is 49.6 Å². The number of pyridine rings is 1. The molecule has 1 saturated carbocycles. The molecule has 6 nitrogen and oxygen atoms in total. The van der Waals surface area contributed by atoms with E-state index in [-0.39, 0.29) is 23.3 Å². The molecule has 2 fully saturated rings. The lowest BCUT2D eigenvalue weighted by molar-refractivity contribution is -0.132. The van der Waals surface area contributed by atoms with E-state index >= 15 is 0 Å². The zero-order valence-electron chi connectivity index (χ0n) is 16.4. The van der Waals surface area contributed by atoms with Crippen molar-refractivity contribution in [1.29, 1.82) is 0 Å². The van der Waals surface area contributed by atoms with Gasteiger partial charge in [0, 0.05) is 43.4 Å². The fraction of sp³-hybridized carbons (Fsp3) is 0.409. The predicted octanol–water partition coefficient (Wildman–Crippen LogP) is 3.29. The maximum Gasteiger partial charge on any atom is 0.321 e. The second-order valence-electron chi connectivity index (χ2n) is 8.11. The lowest BCUT2D eigenvalue weighted by atomic mass is 10.0. The van der Waals surface area contributed by atoms with Crippen molar-refractivity contribution in [2.75, 3.05) is 25.5 Å². The van der Waals surface area contributed by atoms with Crippen molar-refractivity contribution in [3.63, 3.8) is 0 Å². The van der Waals surface area contributed by atoms with Crippen molar-refractivity contribution < 1.29 is 9.59 Å². The van der Waals surface area contributed by atoms with E-state index in [1.54, 1.807) is 11.1 Å². The van der Waals surface area contributed by atoms with Crippen LogP contribution in [0.15, 0.2) is 48.7 Å². The summed E-state index contributed by atoms with van der Waals surface area (Å²) in [6, 6.07) is 13.4. The van der Waals surface area contributed by atoms with E-state index in [0.717, 1.165) is 29.8 Å². The molecule has 2 heterocycles. The van der Waals surface area contributed by atoms with Gasteiger partial charge < -0.3 is 15.1 Å². The third-order valence-corrected chi connectivity index (χ3v) is 5.93. The minimum atomic E-state index is -0.0811. The number of aryl methyl sites for hydroxylation is 1. The molecule has 1 N–H and O–H groups in total. The van der Waals surface area contributed by atoms with Gasteiger partial charge in [-0.3, -0.25) is 9.78 Å². The first-order valence-corrected chi connectivity index (χ1v) is 9.74. The van der Waals surface area contributed by atoms with Gasteiger partial charge in [0.15, 0.2) is 0 Å². The molecule has 2 aromatic rings. The molecule has 2 atom stereocenters. The Morgan fingerprint density at radius 3 is 2.89 bits per heavy atom. The number of urea groups is 1. The van der Waals surface area contributed by atoms with Crippen molar-refractivity contribution in [2.24, 2.45) is 11.3 Å². The van der Waals surface area contributed by atoms with E-state index in [2.05, 4.69) is 10.3 Å². The van der Waals surface area contributed by atoms with Gasteiger partial charge in [0.25, 0.3) is 0 Å². The summed E-state index contributed by atoms with van der Waals surface area (Å²) in [5.41, 5.74) is 2.77. The number of nitrogens with one attached hydrogen (secondary N) is 1. The normalized spacial score (nSPS) is 22.9. The quantitative estimate of drug-likeness (QED) is 0.888. The Labute approximate surface area is 165 Å². The Morgan fingerprint density at radius 2 is 2.14 bits per heavy atom. The van der Waals surface area contributed by atoms with Crippen LogP contribution in [0.5, 0.6) is 0 Å². The summed E-state index contributed by atoms with van der Waals surface area (Å²) >= 11 is 0. The summed E-state index contributed by atoms with van der Waals surface area (Å²) in [5.74, 6) is 0.171. The number of carbonyl (C=O) groups excluding carboxylic acids is 2. The summed E-state index contributed by atoms with van der Waals surface area (Å²) < 4.78 is 0. The minimum Gasteiger partial charge on any atom is -0.340 e. The number of aromatic nitrogens is 1. The molecule has 1 aromatic heterocycles. The fourth-order valence-corrected chi connectivity index (χ4v) is 4.22. The van der Waals surface area contributed by atoms with Gasteiger partial charge in [-0.15, -0.1) is 0 Å². The maximum atomic E-state index is 12.9. The number of carbonyl (C=O) groups is 2. The number of rotatable bonds is 4. The van der Waals surface area contributed by atoms with Gasteiger partial charge in [-0.25, -0.2) is 4.79 Å². The van der Waals surface area contributed by atoms with Crippen molar-refractivity contribution in [3.05, 3.63) is 59.9 Å². The van der Waals surface area contributed by atoms with Crippen LogP contribution in [-0.2, 0) is 11.3 Å². The first-order valence-electron chi connectivity index (χ1n) is 9.74. The summed E-state index contributed by atoms with van der Waals surface area (Å²) in [7, 11) is 1.83. The monoisotopic (exact) mass is 378 g/mol. The van der Waals surface area contributed by atoms with E-state index in [1.807, 2.05) is 61.3 Å². The highest BCUT2D eigenvalue weighted by atomic mass is 16.2. The van der Waals surface area contributed by atoms with Gasteiger partial charge in [-0.1, -0.05) is 18.2 Å². The number of hydrogen-bond acceptors (Lipinski definition) is 3. The predicted molar refractivity (Wildman–Crippen MR) is 108 cm³/mol. The highest BCUT2D eigenvalue weighted by molar-refractivity contribution is 5.90. The lowest BCUT2D eigenvalue weighted by Gasteiger charge is -2.20. The van der Waals surface area contributed by atoms with Crippen LogP contribution in [0.3, 0.4) is 0 Å². The number of benzene rings is 1. The lowest BCUT2D eigenvalue weighted by Crippen LogP contribution is -2.34. The van der Waals surface area contributed by atoms with Crippen LogP contribution in [0.1, 0.15) is 24.1 Å². The molecule has 28 heavy (non-hydrogen) atoms. The van der Waals surface area contributed by atoms with Crippen LogP contribution in [-0.4, -0.2) is 46.9 Å². The Hall–Kier alpha value is -2.89. The second-order valence-corrected chi connectivity index (χ2v) is 8.11. The molecule has 0 bridgehead atoms. The van der Waals surface area contributed by atoms with Crippen molar-refractivity contribution in [2.45, 2.75) is 26.3 Å². The average Bonchev–Trinajstić information content (AvgIpc) is 3.20. The number of nitrogens with zero attached hydrogens (tertiary/aromatic N) is 3. The highest BCUT2D eigenvalue weighted by Crippen LogP contribution is 2.59. The molecule has 1 aliphatic heterocycles. The Kier molecular flexibility index (Phi) is 4.79. The van der Waals surface area contributed by atoms with Gasteiger partial charge in [0.2, 0.25) is 5.91 Å². The molecule has 1 saturated heterocycles. The first-order chi connectivity index (χ1) is 13.5. The van der Waals surface area contributed by atoms with Crippen LogP contribution < -0.4 is 5.32 Å². The van der Waals surface area contributed by atoms with E-state index < -0.39 is 0 Å². The Morgan fingerprint density at radius 1 is 1.29 bits per heavy atom. The number of likely N-dealkylation sites (tertiary alicyclic amines) is 1. The minimum absolute atomic E-state index is 0.0120. The van der Waals surface area contributed by atoms with Crippen LogP contribution in [0.25, 0.3) is 0 Å². The molecule has 0 unspecified atom stereocenters. The third-order valence-electron chi connectivity index (χ3n) is 5.93. The van der Waals surface area contributed by atoms with E-state index in [4.69, 9.17) is 0 Å². The molecule has 2 aliphatic rings. The van der Waals surface area contributed by atoms with Gasteiger partial charge >= 0.3 is 6.03 Å². The van der Waals surface area contributed by atoms with Gasteiger partial charge in [0.05, 0.1) is 12.2 Å². The number of amides is 3. The molecule has 4 rings (SSSR count). The van der Waals surface area contributed by atoms with Crippen molar-refractivity contribution >= 4 is 17.6 Å². The molecule has 146 valence electrons.